The van der Waals surface area contributed by atoms with Gasteiger partial charge in [0.1, 0.15) is 6.54 Å². The monoisotopic (exact) mass is 653 g/mol. The van der Waals surface area contributed by atoms with E-state index >= 15 is 0 Å². The fraction of sp³-hybridized carbons (Fsp3) is 0.356. The van der Waals surface area contributed by atoms with Crippen LogP contribution in [-0.2, 0) is 10.8 Å². The Bertz CT molecular complexity index is 2070. The Balaban J connectivity index is 1.24. The third-order valence-corrected chi connectivity index (χ3v) is 11.6. The average molecular weight is 654 g/mol. The molecule has 0 saturated carbocycles. The van der Waals surface area contributed by atoms with Crippen molar-refractivity contribution in [2.45, 2.75) is 90.9 Å². The van der Waals surface area contributed by atoms with E-state index in [9.17, 15) is 0 Å². The second-order valence-electron chi connectivity index (χ2n) is 14.9. The maximum Gasteiger partial charge on any atom is 0.210 e. The fourth-order valence-electron chi connectivity index (χ4n) is 8.55. The van der Waals surface area contributed by atoms with Crippen LogP contribution in [0.5, 0.6) is 0 Å². The number of nitrogens with zero attached hydrogens (tertiary/aromatic N) is 2. The quantitative estimate of drug-likeness (QED) is 0.163. The molecule has 2 aliphatic heterocycles. The minimum absolute atomic E-state index is 0.107. The highest BCUT2D eigenvalue weighted by atomic mass is 35.5. The van der Waals surface area contributed by atoms with Crippen LogP contribution >= 0.6 is 11.6 Å². The first kappa shape index (κ1) is 32.7. The molecule has 3 heteroatoms. The number of hydrogen-bond donors (Lipinski definition) is 0. The van der Waals surface area contributed by atoms with Gasteiger partial charge in [0.05, 0.1) is 5.41 Å². The summed E-state index contributed by atoms with van der Waals surface area (Å²) in [5.41, 5.74) is 10.6. The molecule has 4 aromatic carbocycles. The summed E-state index contributed by atoms with van der Waals surface area (Å²) in [5, 5.41) is 6.26. The summed E-state index contributed by atoms with van der Waals surface area (Å²) in [6.07, 6.45) is 16.0. The van der Waals surface area contributed by atoms with Crippen LogP contribution in [0.4, 0.5) is 11.4 Å². The number of rotatable bonds is 9. The molecule has 0 unspecified atom stereocenters. The molecule has 2 heterocycles. The van der Waals surface area contributed by atoms with E-state index in [1.165, 1.54) is 79.4 Å². The molecule has 0 spiro atoms. The predicted octanol–water partition coefficient (Wildman–Crippen LogP) is 12.4. The standard InChI is InChI=1S/C45H50ClN2/c1-7-9-29-47-37-25-21-31-15-11-13-17-35(31)41(37)44(3,4)39(47)27-23-33-19-20-34(43(33)46)24-28-40-45(5,6)42-36-18-14-12-16-32(36)22-26-38(42)48(40)30-10-8-2/h11-18,21-28H,7-10,19-20,29-30H2,1-6H3/q+1. The van der Waals surface area contributed by atoms with Gasteiger partial charge >= 0.3 is 0 Å². The van der Waals surface area contributed by atoms with Crippen LogP contribution in [0.25, 0.3) is 21.5 Å². The van der Waals surface area contributed by atoms with Crippen molar-refractivity contribution in [1.82, 2.24) is 0 Å². The summed E-state index contributed by atoms with van der Waals surface area (Å²) in [6.45, 7) is 16.2. The van der Waals surface area contributed by atoms with Gasteiger partial charge < -0.3 is 4.90 Å². The van der Waals surface area contributed by atoms with E-state index in [-0.39, 0.29) is 10.8 Å². The van der Waals surface area contributed by atoms with Gasteiger partial charge in [-0.25, -0.2) is 0 Å². The van der Waals surface area contributed by atoms with Crippen molar-refractivity contribution in [2.24, 2.45) is 0 Å². The lowest BCUT2D eigenvalue weighted by Gasteiger charge is -2.27. The van der Waals surface area contributed by atoms with E-state index in [0.29, 0.717) is 0 Å². The molecule has 246 valence electrons. The fourth-order valence-corrected chi connectivity index (χ4v) is 8.87. The highest BCUT2D eigenvalue weighted by Crippen LogP contribution is 2.51. The Hall–Kier alpha value is -3.88. The Morgan fingerprint density at radius 1 is 0.729 bits per heavy atom. The summed E-state index contributed by atoms with van der Waals surface area (Å²) >= 11 is 7.23. The zero-order valence-corrected chi connectivity index (χ0v) is 30.4. The lowest BCUT2D eigenvalue weighted by molar-refractivity contribution is -0.438. The summed E-state index contributed by atoms with van der Waals surface area (Å²) in [5.74, 6) is 0. The molecule has 0 bridgehead atoms. The topological polar surface area (TPSA) is 6.25 Å². The van der Waals surface area contributed by atoms with Gasteiger partial charge in [-0.05, 0) is 89.6 Å². The van der Waals surface area contributed by atoms with E-state index in [2.05, 4.69) is 148 Å². The second-order valence-corrected chi connectivity index (χ2v) is 15.3. The predicted molar refractivity (Wildman–Crippen MR) is 208 cm³/mol. The van der Waals surface area contributed by atoms with Gasteiger partial charge in [0.25, 0.3) is 0 Å². The van der Waals surface area contributed by atoms with Crippen LogP contribution in [0.3, 0.4) is 0 Å². The molecule has 48 heavy (non-hydrogen) atoms. The summed E-state index contributed by atoms with van der Waals surface area (Å²) < 4.78 is 2.57. The second kappa shape index (κ2) is 12.9. The third kappa shape index (κ3) is 5.37. The Morgan fingerprint density at radius 2 is 1.40 bits per heavy atom. The Morgan fingerprint density at radius 3 is 2.10 bits per heavy atom. The molecule has 4 aromatic rings. The van der Waals surface area contributed by atoms with E-state index in [0.717, 1.165) is 43.8 Å². The lowest BCUT2D eigenvalue weighted by Crippen LogP contribution is -2.28. The van der Waals surface area contributed by atoms with Crippen molar-refractivity contribution in [3.05, 3.63) is 130 Å². The molecular weight excluding hydrogens is 604 g/mol. The number of halogens is 1. The minimum atomic E-state index is -0.107. The Labute approximate surface area is 292 Å². The van der Waals surface area contributed by atoms with Crippen molar-refractivity contribution in [3.63, 3.8) is 0 Å². The van der Waals surface area contributed by atoms with Gasteiger partial charge in [-0.1, -0.05) is 119 Å². The first-order valence-electron chi connectivity index (χ1n) is 18.1. The molecule has 0 atom stereocenters. The number of allylic oxidation sites excluding steroid dienone is 8. The zero-order valence-electron chi connectivity index (χ0n) is 29.7. The van der Waals surface area contributed by atoms with E-state index in [1.54, 1.807) is 0 Å². The number of benzene rings is 4. The number of anilines is 1. The van der Waals surface area contributed by atoms with Gasteiger partial charge in [-0.2, -0.15) is 4.58 Å². The molecule has 0 aromatic heterocycles. The van der Waals surface area contributed by atoms with Crippen molar-refractivity contribution >= 4 is 50.2 Å². The largest absolute Gasteiger partial charge is 0.344 e. The van der Waals surface area contributed by atoms with Crippen molar-refractivity contribution < 1.29 is 4.58 Å². The normalized spacial score (nSPS) is 20.0. The van der Waals surface area contributed by atoms with Gasteiger partial charge in [-0.3, -0.25) is 0 Å². The number of fused-ring (bicyclic) bond motifs is 6. The molecule has 1 aliphatic carbocycles. The summed E-state index contributed by atoms with van der Waals surface area (Å²) in [4.78, 5) is 2.57. The van der Waals surface area contributed by atoms with Crippen LogP contribution < -0.4 is 4.90 Å². The van der Waals surface area contributed by atoms with Crippen molar-refractivity contribution in [3.8, 4) is 0 Å². The van der Waals surface area contributed by atoms with Gasteiger partial charge in [0.2, 0.25) is 5.69 Å². The molecular formula is C45H50ClN2+. The van der Waals surface area contributed by atoms with Crippen LogP contribution in [0.1, 0.15) is 91.2 Å². The van der Waals surface area contributed by atoms with Crippen LogP contribution in [0.2, 0.25) is 0 Å². The number of hydrogen-bond acceptors (Lipinski definition) is 1. The third-order valence-electron chi connectivity index (χ3n) is 11.1. The molecule has 0 amide bonds. The van der Waals surface area contributed by atoms with E-state index in [1.807, 2.05) is 0 Å². The van der Waals surface area contributed by atoms with E-state index in [4.69, 9.17) is 11.6 Å². The van der Waals surface area contributed by atoms with Crippen molar-refractivity contribution in [1.29, 1.82) is 0 Å². The average Bonchev–Trinajstić information content (AvgIpc) is 3.63. The minimum Gasteiger partial charge on any atom is -0.344 e. The Kier molecular flexibility index (Phi) is 8.75. The van der Waals surface area contributed by atoms with Gasteiger partial charge in [0, 0.05) is 52.5 Å². The highest BCUT2D eigenvalue weighted by Gasteiger charge is 2.45. The van der Waals surface area contributed by atoms with Crippen LogP contribution in [-0.4, -0.2) is 23.4 Å². The van der Waals surface area contributed by atoms with Gasteiger partial charge in [-0.15, -0.1) is 0 Å². The van der Waals surface area contributed by atoms with Crippen molar-refractivity contribution in [2.75, 3.05) is 18.0 Å². The maximum atomic E-state index is 7.23. The van der Waals surface area contributed by atoms with Gasteiger partial charge in [0.15, 0.2) is 5.71 Å². The smallest absolute Gasteiger partial charge is 0.210 e. The van der Waals surface area contributed by atoms with E-state index < -0.39 is 0 Å². The summed E-state index contributed by atoms with van der Waals surface area (Å²) in [7, 11) is 0. The molecule has 7 rings (SSSR count). The van der Waals surface area contributed by atoms with Crippen LogP contribution in [0, 0.1) is 0 Å². The highest BCUT2D eigenvalue weighted by molar-refractivity contribution is 6.33. The summed E-state index contributed by atoms with van der Waals surface area (Å²) in [6, 6.07) is 26.9. The first-order chi connectivity index (χ1) is 23.2. The lowest BCUT2D eigenvalue weighted by atomic mass is 9.79. The molecule has 3 aliphatic rings. The molecule has 0 radical (unpaired) electrons. The zero-order chi connectivity index (χ0) is 33.6. The number of unbranched alkanes of at least 4 members (excludes halogenated alkanes) is 2. The SMILES string of the molecule is CCCCN1/C(=C\C=C2\CCC(/C=C/C3=[N+](CCCC)c4ccc5ccccc5c4C3(C)C)=C2Cl)C(C)(C)c2c1ccc1ccccc21. The maximum absolute atomic E-state index is 7.23. The molecule has 2 nitrogen and oxygen atoms in total. The molecule has 0 fully saturated rings. The van der Waals surface area contributed by atoms with Crippen LogP contribution in [0.15, 0.2) is 119 Å². The molecule has 0 N–H and O–H groups in total. The first-order valence-corrected chi connectivity index (χ1v) is 18.5. The molecule has 0 saturated heterocycles.